The lowest BCUT2D eigenvalue weighted by Crippen LogP contribution is -2.50. The lowest BCUT2D eigenvalue weighted by molar-refractivity contribution is -0.143. The monoisotopic (exact) mass is 488 g/mol. The average molecular weight is 489 g/mol. The summed E-state index contributed by atoms with van der Waals surface area (Å²) in [5.41, 5.74) is 3.13. The SMILES string of the molecule is CC[C@H](C(=O)NCC(C)C)N(Cc1cccc(C)c1)C(=O)COc1ccc(Br)c(C)c1. The number of hydrogen-bond donors (Lipinski definition) is 1. The number of carbonyl (C=O) groups is 2. The Balaban J connectivity index is 2.20. The van der Waals surface area contributed by atoms with E-state index in [9.17, 15) is 9.59 Å². The second kappa shape index (κ2) is 11.9. The van der Waals surface area contributed by atoms with Crippen molar-refractivity contribution >= 4 is 27.7 Å². The largest absolute Gasteiger partial charge is 0.484 e. The van der Waals surface area contributed by atoms with Crippen LogP contribution in [-0.2, 0) is 16.1 Å². The van der Waals surface area contributed by atoms with Crippen LogP contribution >= 0.6 is 15.9 Å². The second-order valence-corrected chi connectivity index (χ2v) is 9.13. The summed E-state index contributed by atoms with van der Waals surface area (Å²) in [6, 6.07) is 13.0. The lowest BCUT2D eigenvalue weighted by Gasteiger charge is -2.31. The summed E-state index contributed by atoms with van der Waals surface area (Å²) in [7, 11) is 0. The van der Waals surface area contributed by atoms with Gasteiger partial charge >= 0.3 is 0 Å². The van der Waals surface area contributed by atoms with Gasteiger partial charge in [-0.25, -0.2) is 0 Å². The van der Waals surface area contributed by atoms with Crippen LogP contribution < -0.4 is 10.1 Å². The van der Waals surface area contributed by atoms with Gasteiger partial charge in [-0.05, 0) is 55.5 Å². The van der Waals surface area contributed by atoms with Gasteiger partial charge in [0, 0.05) is 17.6 Å². The number of rotatable bonds is 10. The van der Waals surface area contributed by atoms with E-state index in [0.29, 0.717) is 31.2 Å². The molecule has 0 radical (unpaired) electrons. The maximum absolute atomic E-state index is 13.2. The Morgan fingerprint density at radius 1 is 1.13 bits per heavy atom. The van der Waals surface area contributed by atoms with Gasteiger partial charge in [-0.1, -0.05) is 66.5 Å². The zero-order valence-corrected chi connectivity index (χ0v) is 20.7. The van der Waals surface area contributed by atoms with Crippen LogP contribution in [0, 0.1) is 19.8 Å². The maximum Gasteiger partial charge on any atom is 0.261 e. The molecule has 2 aromatic carbocycles. The first-order valence-corrected chi connectivity index (χ1v) is 11.5. The number of aryl methyl sites for hydroxylation is 2. The average Bonchev–Trinajstić information content (AvgIpc) is 2.72. The highest BCUT2D eigenvalue weighted by Gasteiger charge is 2.29. The van der Waals surface area contributed by atoms with E-state index in [1.54, 1.807) is 4.90 Å². The van der Waals surface area contributed by atoms with Crippen molar-refractivity contribution in [2.45, 2.75) is 53.6 Å². The van der Waals surface area contributed by atoms with Gasteiger partial charge in [0.15, 0.2) is 6.61 Å². The van der Waals surface area contributed by atoms with Gasteiger partial charge in [0.2, 0.25) is 5.91 Å². The molecule has 2 rings (SSSR count). The van der Waals surface area contributed by atoms with Crippen LogP contribution in [0.1, 0.15) is 43.9 Å². The Labute approximate surface area is 194 Å². The van der Waals surface area contributed by atoms with E-state index in [1.165, 1.54) is 0 Å². The number of hydrogen-bond acceptors (Lipinski definition) is 3. The number of nitrogens with zero attached hydrogens (tertiary/aromatic N) is 1. The van der Waals surface area contributed by atoms with Crippen LogP contribution in [0.4, 0.5) is 0 Å². The van der Waals surface area contributed by atoms with Crippen LogP contribution in [0.25, 0.3) is 0 Å². The van der Waals surface area contributed by atoms with Crippen LogP contribution in [-0.4, -0.2) is 35.9 Å². The molecule has 0 bridgehead atoms. The van der Waals surface area contributed by atoms with E-state index in [1.807, 2.05) is 77.1 Å². The Kier molecular flexibility index (Phi) is 9.56. The first kappa shape index (κ1) is 24.9. The van der Waals surface area contributed by atoms with Gasteiger partial charge in [-0.15, -0.1) is 0 Å². The molecule has 1 N–H and O–H groups in total. The zero-order valence-electron chi connectivity index (χ0n) is 19.1. The van der Waals surface area contributed by atoms with Crippen molar-refractivity contribution in [1.29, 1.82) is 0 Å². The van der Waals surface area contributed by atoms with Crippen molar-refractivity contribution < 1.29 is 14.3 Å². The first-order chi connectivity index (χ1) is 14.7. The molecule has 168 valence electrons. The molecule has 5 nitrogen and oxygen atoms in total. The fourth-order valence-electron chi connectivity index (χ4n) is 3.28. The molecule has 0 aromatic heterocycles. The summed E-state index contributed by atoms with van der Waals surface area (Å²) in [4.78, 5) is 27.7. The summed E-state index contributed by atoms with van der Waals surface area (Å²) >= 11 is 3.47. The maximum atomic E-state index is 13.2. The predicted molar refractivity (Wildman–Crippen MR) is 128 cm³/mol. The smallest absolute Gasteiger partial charge is 0.261 e. The number of amides is 2. The Hall–Kier alpha value is -2.34. The molecular weight excluding hydrogens is 456 g/mol. The summed E-state index contributed by atoms with van der Waals surface area (Å²) < 4.78 is 6.76. The minimum atomic E-state index is -0.554. The number of ether oxygens (including phenoxy) is 1. The molecule has 0 aliphatic rings. The third-order valence-electron chi connectivity index (χ3n) is 5.00. The third kappa shape index (κ3) is 7.69. The minimum Gasteiger partial charge on any atom is -0.484 e. The topological polar surface area (TPSA) is 58.6 Å². The van der Waals surface area contributed by atoms with Crippen LogP contribution in [0.5, 0.6) is 5.75 Å². The lowest BCUT2D eigenvalue weighted by atomic mass is 10.1. The zero-order chi connectivity index (χ0) is 23.0. The summed E-state index contributed by atoms with van der Waals surface area (Å²) in [6.45, 7) is 10.8. The van der Waals surface area contributed by atoms with Crippen molar-refractivity contribution in [1.82, 2.24) is 10.2 Å². The van der Waals surface area contributed by atoms with Gasteiger partial charge < -0.3 is 15.0 Å². The highest BCUT2D eigenvalue weighted by molar-refractivity contribution is 9.10. The van der Waals surface area contributed by atoms with E-state index in [0.717, 1.165) is 21.2 Å². The molecule has 1 atom stereocenters. The van der Waals surface area contributed by atoms with Gasteiger partial charge in [0.05, 0.1) is 0 Å². The second-order valence-electron chi connectivity index (χ2n) is 8.27. The quantitative estimate of drug-likeness (QED) is 0.510. The Morgan fingerprint density at radius 3 is 2.48 bits per heavy atom. The van der Waals surface area contributed by atoms with E-state index < -0.39 is 6.04 Å². The van der Waals surface area contributed by atoms with Crippen molar-refractivity contribution in [3.8, 4) is 5.75 Å². The number of halogens is 1. The van der Waals surface area contributed by atoms with Crippen molar-refractivity contribution in [3.05, 3.63) is 63.6 Å². The molecule has 0 aliphatic carbocycles. The molecule has 0 fully saturated rings. The van der Waals surface area contributed by atoms with Crippen molar-refractivity contribution in [2.75, 3.05) is 13.2 Å². The molecule has 0 saturated heterocycles. The highest BCUT2D eigenvalue weighted by atomic mass is 79.9. The Bertz CT molecular complexity index is 898. The van der Waals surface area contributed by atoms with Gasteiger partial charge in [0.25, 0.3) is 5.91 Å². The van der Waals surface area contributed by atoms with Gasteiger partial charge in [-0.2, -0.15) is 0 Å². The van der Waals surface area contributed by atoms with Crippen LogP contribution in [0.3, 0.4) is 0 Å². The molecular formula is C25H33BrN2O3. The molecule has 0 spiro atoms. The number of benzene rings is 2. The molecule has 2 aromatic rings. The van der Waals surface area contributed by atoms with Gasteiger partial charge in [0.1, 0.15) is 11.8 Å². The summed E-state index contributed by atoms with van der Waals surface area (Å²) in [5, 5.41) is 2.97. The van der Waals surface area contributed by atoms with E-state index in [4.69, 9.17) is 4.74 Å². The van der Waals surface area contributed by atoms with E-state index in [-0.39, 0.29) is 18.4 Å². The molecule has 0 aliphatic heterocycles. The highest BCUT2D eigenvalue weighted by Crippen LogP contribution is 2.22. The normalized spacial score (nSPS) is 11.8. The molecule has 2 amide bonds. The van der Waals surface area contributed by atoms with Crippen molar-refractivity contribution in [2.24, 2.45) is 5.92 Å². The fraction of sp³-hybridized carbons (Fsp3) is 0.440. The molecule has 0 unspecified atom stereocenters. The Morgan fingerprint density at radius 2 is 1.87 bits per heavy atom. The minimum absolute atomic E-state index is 0.124. The summed E-state index contributed by atoms with van der Waals surface area (Å²) in [5.74, 6) is 0.624. The third-order valence-corrected chi connectivity index (χ3v) is 5.89. The predicted octanol–water partition coefficient (Wildman–Crippen LogP) is 5.02. The van der Waals surface area contributed by atoms with Gasteiger partial charge in [-0.3, -0.25) is 9.59 Å². The first-order valence-electron chi connectivity index (χ1n) is 10.7. The molecule has 6 heteroatoms. The molecule has 31 heavy (non-hydrogen) atoms. The van der Waals surface area contributed by atoms with E-state index in [2.05, 4.69) is 21.2 Å². The van der Waals surface area contributed by atoms with Crippen LogP contribution in [0.2, 0.25) is 0 Å². The standard InChI is InChI=1S/C25H33BrN2O3/c1-6-23(25(30)27-14-17(2)3)28(15-20-9-7-8-18(4)12-20)24(29)16-31-21-10-11-22(26)19(5)13-21/h7-13,17,23H,6,14-16H2,1-5H3,(H,27,30)/t23-/m1/s1. The van der Waals surface area contributed by atoms with Crippen LogP contribution in [0.15, 0.2) is 46.9 Å². The molecule has 0 heterocycles. The summed E-state index contributed by atoms with van der Waals surface area (Å²) in [6.07, 6.45) is 0.527. The fourth-order valence-corrected chi connectivity index (χ4v) is 3.53. The van der Waals surface area contributed by atoms with Crippen molar-refractivity contribution in [3.63, 3.8) is 0 Å². The number of carbonyl (C=O) groups excluding carboxylic acids is 2. The van der Waals surface area contributed by atoms with E-state index >= 15 is 0 Å². The molecule has 0 saturated carbocycles. The number of nitrogens with one attached hydrogen (secondary N) is 1.